The Morgan fingerprint density at radius 3 is 2.19 bits per heavy atom. The first kappa shape index (κ1) is 26.9. The molecule has 0 saturated carbocycles. The van der Waals surface area contributed by atoms with Gasteiger partial charge in [-0.3, -0.25) is 4.99 Å². The number of piperazine rings is 1. The SMILES string of the molecule is CCNC(=NCC(CC)CC)N1CCN(S(=O)(=O)CCOC(C)C)CC1.I. The Morgan fingerprint density at radius 1 is 1.11 bits per heavy atom. The molecule has 27 heavy (non-hydrogen) atoms. The zero-order valence-corrected chi connectivity index (χ0v) is 20.8. The lowest BCUT2D eigenvalue weighted by atomic mass is 10.0. The van der Waals surface area contributed by atoms with Gasteiger partial charge in [-0.2, -0.15) is 4.31 Å². The first-order valence-electron chi connectivity index (χ1n) is 9.96. The number of guanidine groups is 1. The molecule has 1 saturated heterocycles. The van der Waals surface area contributed by atoms with E-state index in [0.717, 1.165) is 31.9 Å². The third-order valence-electron chi connectivity index (χ3n) is 4.71. The van der Waals surface area contributed by atoms with Crippen LogP contribution in [0.2, 0.25) is 0 Å². The van der Waals surface area contributed by atoms with Crippen LogP contribution in [0.1, 0.15) is 47.5 Å². The van der Waals surface area contributed by atoms with E-state index >= 15 is 0 Å². The number of ether oxygens (including phenoxy) is 1. The number of hydrogen-bond acceptors (Lipinski definition) is 4. The van der Waals surface area contributed by atoms with Gasteiger partial charge in [-0.25, -0.2) is 8.42 Å². The van der Waals surface area contributed by atoms with Gasteiger partial charge in [0.25, 0.3) is 0 Å². The maximum absolute atomic E-state index is 12.4. The number of sulfonamides is 1. The van der Waals surface area contributed by atoms with Crippen molar-refractivity contribution in [2.24, 2.45) is 10.9 Å². The molecule has 0 radical (unpaired) electrons. The second-order valence-electron chi connectivity index (χ2n) is 7.00. The van der Waals surface area contributed by atoms with Crippen LogP contribution < -0.4 is 5.32 Å². The molecule has 1 heterocycles. The van der Waals surface area contributed by atoms with Crippen LogP contribution in [0.25, 0.3) is 0 Å². The number of rotatable bonds is 10. The van der Waals surface area contributed by atoms with Crippen LogP contribution in [0, 0.1) is 5.92 Å². The van der Waals surface area contributed by atoms with Crippen LogP contribution in [0.3, 0.4) is 0 Å². The predicted molar refractivity (Wildman–Crippen MR) is 123 cm³/mol. The molecule has 162 valence electrons. The van der Waals surface area contributed by atoms with E-state index in [1.54, 1.807) is 4.31 Å². The number of hydrogen-bond donors (Lipinski definition) is 1. The Kier molecular flexibility index (Phi) is 13.9. The Bertz CT molecular complexity index is 517. The summed E-state index contributed by atoms with van der Waals surface area (Å²) in [6, 6.07) is 0. The van der Waals surface area contributed by atoms with Gasteiger partial charge in [-0.05, 0) is 26.7 Å². The van der Waals surface area contributed by atoms with Gasteiger partial charge in [0.05, 0.1) is 18.5 Å². The van der Waals surface area contributed by atoms with Gasteiger partial charge in [0.1, 0.15) is 0 Å². The molecule has 0 aromatic rings. The number of nitrogens with zero attached hydrogens (tertiary/aromatic N) is 3. The van der Waals surface area contributed by atoms with E-state index in [2.05, 4.69) is 31.0 Å². The normalized spacial score (nSPS) is 16.7. The largest absolute Gasteiger partial charge is 0.378 e. The third kappa shape index (κ3) is 9.76. The third-order valence-corrected chi connectivity index (χ3v) is 6.55. The van der Waals surface area contributed by atoms with Gasteiger partial charge in [0, 0.05) is 39.3 Å². The van der Waals surface area contributed by atoms with Gasteiger partial charge in [0.15, 0.2) is 5.96 Å². The van der Waals surface area contributed by atoms with Gasteiger partial charge in [0.2, 0.25) is 10.0 Å². The van der Waals surface area contributed by atoms with Crippen LogP contribution in [-0.4, -0.2) is 81.3 Å². The molecule has 0 amide bonds. The van der Waals surface area contributed by atoms with Crippen LogP contribution in [-0.2, 0) is 14.8 Å². The highest BCUT2D eigenvalue weighted by Gasteiger charge is 2.28. The first-order valence-corrected chi connectivity index (χ1v) is 11.6. The van der Waals surface area contributed by atoms with Crippen molar-refractivity contribution < 1.29 is 13.2 Å². The monoisotopic (exact) mass is 518 g/mol. The minimum absolute atomic E-state index is 0. The van der Waals surface area contributed by atoms with Crippen molar-refractivity contribution in [3.63, 3.8) is 0 Å². The standard InChI is InChI=1S/C18H38N4O3S.HI/c1-6-17(7-2)15-20-18(19-8-3)21-9-11-22(12-10-21)26(23,24)14-13-25-16(4)5;/h16-17H,6-15H2,1-5H3,(H,19,20);1H. The summed E-state index contributed by atoms with van der Waals surface area (Å²) >= 11 is 0. The molecule has 9 heteroatoms. The summed E-state index contributed by atoms with van der Waals surface area (Å²) in [5.41, 5.74) is 0. The zero-order valence-electron chi connectivity index (χ0n) is 17.6. The van der Waals surface area contributed by atoms with Crippen LogP contribution in [0.15, 0.2) is 4.99 Å². The topological polar surface area (TPSA) is 74.2 Å². The minimum atomic E-state index is -3.25. The molecule has 1 rings (SSSR count). The molecule has 0 aliphatic carbocycles. The van der Waals surface area contributed by atoms with Crippen molar-refractivity contribution in [2.75, 3.05) is 51.6 Å². The van der Waals surface area contributed by atoms with Crippen molar-refractivity contribution in [2.45, 2.75) is 53.6 Å². The predicted octanol–water partition coefficient (Wildman–Crippen LogP) is 2.38. The molecule has 0 aromatic carbocycles. The Morgan fingerprint density at radius 2 is 1.70 bits per heavy atom. The number of aliphatic imine (C=N–C) groups is 1. The molecule has 0 bridgehead atoms. The van der Waals surface area contributed by atoms with Crippen molar-refractivity contribution in [1.82, 2.24) is 14.5 Å². The van der Waals surface area contributed by atoms with E-state index in [4.69, 9.17) is 9.73 Å². The summed E-state index contributed by atoms with van der Waals surface area (Å²) in [6.07, 6.45) is 2.31. The van der Waals surface area contributed by atoms with E-state index in [1.165, 1.54) is 0 Å². The summed E-state index contributed by atoms with van der Waals surface area (Å²) in [5, 5.41) is 3.34. The number of halogens is 1. The lowest BCUT2D eigenvalue weighted by molar-refractivity contribution is 0.0904. The van der Waals surface area contributed by atoms with Crippen molar-refractivity contribution in [3.8, 4) is 0 Å². The highest BCUT2D eigenvalue weighted by atomic mass is 127. The molecule has 7 nitrogen and oxygen atoms in total. The molecule has 0 aromatic heterocycles. The summed E-state index contributed by atoms with van der Waals surface area (Å²) in [6.45, 7) is 14.5. The smallest absolute Gasteiger partial charge is 0.216 e. The molecule has 1 fully saturated rings. The Labute approximate surface area is 183 Å². The summed E-state index contributed by atoms with van der Waals surface area (Å²) in [5.74, 6) is 1.56. The molecule has 1 aliphatic rings. The minimum Gasteiger partial charge on any atom is -0.378 e. The molecule has 0 atom stereocenters. The highest BCUT2D eigenvalue weighted by Crippen LogP contribution is 2.11. The molecule has 1 N–H and O–H groups in total. The molecule has 1 aliphatic heterocycles. The molecular weight excluding hydrogens is 479 g/mol. The fourth-order valence-corrected chi connectivity index (χ4v) is 4.17. The van der Waals surface area contributed by atoms with Gasteiger partial charge >= 0.3 is 0 Å². The van der Waals surface area contributed by atoms with Crippen LogP contribution in [0.5, 0.6) is 0 Å². The molecule has 0 unspecified atom stereocenters. The Hall–Kier alpha value is -0.130. The lowest BCUT2D eigenvalue weighted by Crippen LogP contribution is -2.54. The average Bonchev–Trinajstić information content (AvgIpc) is 2.61. The quantitative estimate of drug-likeness (QED) is 0.273. The fourth-order valence-electron chi connectivity index (χ4n) is 2.88. The van der Waals surface area contributed by atoms with E-state index in [-0.39, 0.29) is 42.4 Å². The van der Waals surface area contributed by atoms with E-state index < -0.39 is 10.0 Å². The highest BCUT2D eigenvalue weighted by molar-refractivity contribution is 14.0. The summed E-state index contributed by atoms with van der Waals surface area (Å²) in [7, 11) is -3.25. The van der Waals surface area contributed by atoms with E-state index in [0.29, 0.717) is 32.1 Å². The second kappa shape index (κ2) is 13.9. The van der Waals surface area contributed by atoms with Crippen LogP contribution >= 0.6 is 24.0 Å². The molecule has 0 spiro atoms. The average molecular weight is 519 g/mol. The number of nitrogens with one attached hydrogen (secondary N) is 1. The maximum atomic E-state index is 12.4. The summed E-state index contributed by atoms with van der Waals surface area (Å²) < 4.78 is 31.9. The lowest BCUT2D eigenvalue weighted by Gasteiger charge is -2.36. The summed E-state index contributed by atoms with van der Waals surface area (Å²) in [4.78, 5) is 6.95. The van der Waals surface area contributed by atoms with E-state index in [1.807, 2.05) is 13.8 Å². The van der Waals surface area contributed by atoms with Crippen LogP contribution in [0.4, 0.5) is 0 Å². The van der Waals surface area contributed by atoms with Gasteiger partial charge < -0.3 is 15.0 Å². The van der Waals surface area contributed by atoms with Crippen molar-refractivity contribution >= 4 is 40.0 Å². The first-order chi connectivity index (χ1) is 12.3. The fraction of sp³-hybridized carbons (Fsp3) is 0.944. The van der Waals surface area contributed by atoms with Crippen molar-refractivity contribution in [3.05, 3.63) is 0 Å². The van der Waals surface area contributed by atoms with Gasteiger partial charge in [-0.15, -0.1) is 24.0 Å². The van der Waals surface area contributed by atoms with E-state index in [9.17, 15) is 8.42 Å². The maximum Gasteiger partial charge on any atom is 0.216 e. The molecular formula is C18H39IN4O3S. The van der Waals surface area contributed by atoms with Crippen molar-refractivity contribution in [1.29, 1.82) is 0 Å². The second-order valence-corrected chi connectivity index (χ2v) is 9.09. The Balaban J connectivity index is 0.00000676. The zero-order chi connectivity index (χ0) is 19.6. The van der Waals surface area contributed by atoms with Gasteiger partial charge in [-0.1, -0.05) is 26.7 Å².